The molecule has 0 bridgehead atoms. The lowest BCUT2D eigenvalue weighted by molar-refractivity contribution is 0.939. The van der Waals surface area contributed by atoms with Crippen molar-refractivity contribution in [2.24, 2.45) is 7.05 Å². The quantitative estimate of drug-likeness (QED) is 0.449. The maximum absolute atomic E-state index is 4.60. The Morgan fingerprint density at radius 2 is 1.56 bits per heavy atom. The highest BCUT2D eigenvalue weighted by Crippen LogP contribution is 2.16. The van der Waals surface area contributed by atoms with Crippen LogP contribution in [-0.4, -0.2) is 14.5 Å². The predicted octanol–water partition coefficient (Wildman–Crippen LogP) is 4.08. The molecular formula is C24H17N3. The summed E-state index contributed by atoms with van der Waals surface area (Å²) in [6, 6.07) is 19.9. The van der Waals surface area contributed by atoms with Crippen LogP contribution >= 0.6 is 0 Å². The number of aromatic nitrogens is 3. The second-order valence-corrected chi connectivity index (χ2v) is 6.30. The zero-order valence-corrected chi connectivity index (χ0v) is 15.2. The summed E-state index contributed by atoms with van der Waals surface area (Å²) < 4.78 is 1.96. The molecule has 128 valence electrons. The van der Waals surface area contributed by atoms with Crippen molar-refractivity contribution < 1.29 is 0 Å². The van der Waals surface area contributed by atoms with Gasteiger partial charge in [0, 0.05) is 24.4 Å². The summed E-state index contributed by atoms with van der Waals surface area (Å²) in [6.07, 6.45) is 1.96. The van der Waals surface area contributed by atoms with E-state index in [0.717, 1.165) is 22.2 Å². The van der Waals surface area contributed by atoms with E-state index in [-0.39, 0.29) is 0 Å². The average Bonchev–Trinajstić information content (AvgIpc) is 3.06. The summed E-state index contributed by atoms with van der Waals surface area (Å²) in [5.74, 6) is 13.1. The third kappa shape index (κ3) is 3.73. The van der Waals surface area contributed by atoms with E-state index >= 15 is 0 Å². The first-order chi connectivity index (χ1) is 13.2. The Morgan fingerprint density at radius 1 is 0.778 bits per heavy atom. The van der Waals surface area contributed by atoms with Gasteiger partial charge in [-0.25, -0.2) is 9.97 Å². The summed E-state index contributed by atoms with van der Waals surface area (Å²) in [5.41, 5.74) is 4.61. The molecule has 0 spiro atoms. The minimum atomic E-state index is 0.474. The van der Waals surface area contributed by atoms with Crippen LogP contribution < -0.4 is 0 Å². The monoisotopic (exact) mass is 347 g/mol. The summed E-state index contributed by atoms with van der Waals surface area (Å²) in [7, 11) is 1.96. The molecule has 3 nitrogen and oxygen atoms in total. The number of nitrogens with zero attached hydrogens (tertiary/aromatic N) is 3. The van der Waals surface area contributed by atoms with Crippen LogP contribution in [0.25, 0.3) is 11.0 Å². The number of hydrogen-bond acceptors (Lipinski definition) is 2. The Kier molecular flexibility index (Phi) is 4.44. The first kappa shape index (κ1) is 16.6. The largest absolute Gasteiger partial charge is 0.335 e. The van der Waals surface area contributed by atoms with Crippen LogP contribution in [0.4, 0.5) is 0 Å². The fraction of sp³-hybridized carbons (Fsp3) is 0.0833. The Hall–Kier alpha value is -3.82. The van der Waals surface area contributed by atoms with E-state index in [9.17, 15) is 0 Å². The third-order valence-electron chi connectivity index (χ3n) is 4.16. The maximum atomic E-state index is 4.60. The van der Waals surface area contributed by atoms with Gasteiger partial charge in [0.05, 0.1) is 5.39 Å². The van der Waals surface area contributed by atoms with Gasteiger partial charge in [0.15, 0.2) is 0 Å². The average molecular weight is 347 g/mol. The van der Waals surface area contributed by atoms with Crippen LogP contribution in [0.3, 0.4) is 0 Å². The number of fused-ring (bicyclic) bond motifs is 1. The van der Waals surface area contributed by atoms with Crippen LogP contribution in [0.5, 0.6) is 0 Å². The van der Waals surface area contributed by atoms with Crippen molar-refractivity contribution in [1.82, 2.24) is 14.5 Å². The van der Waals surface area contributed by atoms with Gasteiger partial charge < -0.3 is 4.57 Å². The summed E-state index contributed by atoms with van der Waals surface area (Å²) in [5, 5.41) is 0.933. The standard InChI is InChI=1S/C24H17N3/c1-18-7-6-10-20(17-18)11-13-22-21-15-16-27(2)24(21)26-23(25-22)14-12-19-8-4-3-5-9-19/h3-10,15-17H,1-2H3. The zero-order valence-electron chi connectivity index (χ0n) is 15.2. The van der Waals surface area contributed by atoms with Gasteiger partial charge in [-0.1, -0.05) is 42.2 Å². The van der Waals surface area contributed by atoms with Gasteiger partial charge in [-0.2, -0.15) is 0 Å². The van der Waals surface area contributed by atoms with Gasteiger partial charge in [0.25, 0.3) is 0 Å². The van der Waals surface area contributed by atoms with Crippen molar-refractivity contribution in [2.75, 3.05) is 0 Å². The molecule has 0 atom stereocenters. The minimum Gasteiger partial charge on any atom is -0.335 e. The smallest absolute Gasteiger partial charge is 0.208 e. The van der Waals surface area contributed by atoms with E-state index in [2.05, 4.69) is 52.7 Å². The van der Waals surface area contributed by atoms with Crippen LogP contribution in [0, 0.1) is 30.6 Å². The van der Waals surface area contributed by atoms with Crippen molar-refractivity contribution in [3.8, 4) is 23.7 Å². The van der Waals surface area contributed by atoms with Crippen LogP contribution in [0.1, 0.15) is 28.2 Å². The van der Waals surface area contributed by atoms with Gasteiger partial charge in [-0.3, -0.25) is 0 Å². The molecule has 0 saturated carbocycles. The molecule has 0 saturated heterocycles. The van der Waals surface area contributed by atoms with Crippen LogP contribution in [-0.2, 0) is 7.05 Å². The number of rotatable bonds is 0. The molecule has 0 radical (unpaired) electrons. The Labute approximate surface area is 158 Å². The van der Waals surface area contributed by atoms with E-state index in [1.54, 1.807) is 0 Å². The number of aryl methyl sites for hydroxylation is 2. The maximum Gasteiger partial charge on any atom is 0.208 e. The minimum absolute atomic E-state index is 0.474. The lowest BCUT2D eigenvalue weighted by atomic mass is 10.1. The van der Waals surface area contributed by atoms with E-state index in [1.807, 2.05) is 66.3 Å². The fourth-order valence-corrected chi connectivity index (χ4v) is 2.79. The molecule has 2 aromatic carbocycles. The van der Waals surface area contributed by atoms with E-state index in [0.29, 0.717) is 11.5 Å². The Balaban J connectivity index is 1.80. The molecule has 0 unspecified atom stereocenters. The lowest BCUT2D eigenvalue weighted by Gasteiger charge is -1.99. The summed E-state index contributed by atoms with van der Waals surface area (Å²) in [4.78, 5) is 9.19. The van der Waals surface area contributed by atoms with Crippen LogP contribution in [0.15, 0.2) is 66.9 Å². The van der Waals surface area contributed by atoms with Crippen LogP contribution in [0.2, 0.25) is 0 Å². The molecule has 3 heteroatoms. The molecule has 0 aliphatic heterocycles. The molecule has 0 aliphatic rings. The second-order valence-electron chi connectivity index (χ2n) is 6.30. The Bertz CT molecular complexity index is 1240. The number of benzene rings is 2. The zero-order chi connectivity index (χ0) is 18.6. The lowest BCUT2D eigenvalue weighted by Crippen LogP contribution is -1.97. The van der Waals surface area contributed by atoms with E-state index in [4.69, 9.17) is 0 Å². The van der Waals surface area contributed by atoms with Crippen molar-refractivity contribution >= 4 is 11.0 Å². The van der Waals surface area contributed by atoms with Gasteiger partial charge in [-0.05, 0) is 54.7 Å². The molecular weight excluding hydrogens is 330 g/mol. The predicted molar refractivity (Wildman–Crippen MR) is 108 cm³/mol. The van der Waals surface area contributed by atoms with Crippen molar-refractivity contribution in [3.63, 3.8) is 0 Å². The fourth-order valence-electron chi connectivity index (χ4n) is 2.79. The van der Waals surface area contributed by atoms with E-state index in [1.165, 1.54) is 5.56 Å². The Morgan fingerprint density at radius 3 is 2.37 bits per heavy atom. The third-order valence-corrected chi connectivity index (χ3v) is 4.16. The highest BCUT2D eigenvalue weighted by molar-refractivity contribution is 5.82. The molecule has 2 heterocycles. The second kappa shape index (κ2) is 7.20. The summed E-state index contributed by atoms with van der Waals surface area (Å²) >= 11 is 0. The summed E-state index contributed by atoms with van der Waals surface area (Å²) in [6.45, 7) is 2.06. The topological polar surface area (TPSA) is 30.7 Å². The van der Waals surface area contributed by atoms with Gasteiger partial charge in [-0.15, -0.1) is 0 Å². The first-order valence-corrected chi connectivity index (χ1v) is 8.68. The molecule has 4 rings (SSSR count). The molecule has 2 aromatic heterocycles. The molecule has 27 heavy (non-hydrogen) atoms. The highest BCUT2D eigenvalue weighted by atomic mass is 15.0. The number of hydrogen-bond donors (Lipinski definition) is 0. The van der Waals surface area contributed by atoms with Gasteiger partial charge in [0.2, 0.25) is 5.82 Å². The van der Waals surface area contributed by atoms with E-state index < -0.39 is 0 Å². The molecule has 4 aromatic rings. The molecule has 0 amide bonds. The van der Waals surface area contributed by atoms with Gasteiger partial charge in [0.1, 0.15) is 11.3 Å². The molecule has 0 aliphatic carbocycles. The van der Waals surface area contributed by atoms with Crippen molar-refractivity contribution in [3.05, 3.63) is 95.1 Å². The highest BCUT2D eigenvalue weighted by Gasteiger charge is 2.08. The normalized spacial score (nSPS) is 10.0. The molecule has 0 N–H and O–H groups in total. The van der Waals surface area contributed by atoms with Gasteiger partial charge >= 0.3 is 0 Å². The molecule has 0 fully saturated rings. The SMILES string of the molecule is Cc1cccc(C#Cc2nc(C#Cc3ccccc3)nc3c2ccn3C)c1. The van der Waals surface area contributed by atoms with Crippen molar-refractivity contribution in [2.45, 2.75) is 6.92 Å². The van der Waals surface area contributed by atoms with Crippen molar-refractivity contribution in [1.29, 1.82) is 0 Å². The first-order valence-electron chi connectivity index (χ1n) is 8.68.